The maximum absolute atomic E-state index is 13.5. The van der Waals surface area contributed by atoms with E-state index in [-0.39, 0.29) is 0 Å². The fourth-order valence-electron chi connectivity index (χ4n) is 1.93. The Labute approximate surface area is 113 Å². The van der Waals surface area contributed by atoms with E-state index < -0.39 is 67.1 Å². The predicted octanol–water partition coefficient (Wildman–Crippen LogP) is 3.05. The van der Waals surface area contributed by atoms with Gasteiger partial charge in [-0.05, 0) is 0 Å². The van der Waals surface area contributed by atoms with Gasteiger partial charge in [-0.2, -0.15) is 26.9 Å². The molecular weight excluding hydrogens is 311 g/mol. The van der Waals surface area contributed by atoms with Crippen LogP contribution in [-0.2, 0) is 9.47 Å². The lowest BCUT2D eigenvalue weighted by molar-refractivity contribution is -0.220. The van der Waals surface area contributed by atoms with E-state index in [1.807, 2.05) is 0 Å². The molecule has 0 N–H and O–H groups in total. The highest BCUT2D eigenvalue weighted by atomic mass is 19.4. The molecule has 0 spiro atoms. The molecule has 10 heteroatoms. The third-order valence-electron chi connectivity index (χ3n) is 2.87. The smallest absolute Gasteiger partial charge is 0.371 e. The van der Waals surface area contributed by atoms with Gasteiger partial charge in [0.25, 0.3) is 11.9 Å². The molecule has 2 unspecified atom stereocenters. The summed E-state index contributed by atoms with van der Waals surface area (Å²) in [4.78, 5) is 2.33. The Bertz CT molecular complexity index is 508. The van der Waals surface area contributed by atoms with Crippen LogP contribution in [0.4, 0.5) is 30.7 Å². The molecule has 1 saturated heterocycles. The van der Waals surface area contributed by atoms with Crippen LogP contribution in [0.2, 0.25) is 0 Å². The van der Waals surface area contributed by atoms with Crippen LogP contribution in [0.15, 0.2) is 0 Å². The monoisotopic (exact) mass is 319 g/mol. The number of rotatable bonds is 1. The lowest BCUT2D eigenvalue weighted by atomic mass is 10.0. The van der Waals surface area contributed by atoms with E-state index in [0.29, 0.717) is 0 Å². The first-order chi connectivity index (χ1) is 9.71. The maximum atomic E-state index is 13.5. The van der Waals surface area contributed by atoms with Gasteiger partial charge in [0, 0.05) is 6.42 Å². The van der Waals surface area contributed by atoms with Gasteiger partial charge >= 0.3 is 6.18 Å². The molecular formula is C11H8F7NO2. The van der Waals surface area contributed by atoms with Crippen LogP contribution in [0.25, 0.3) is 0 Å². The molecule has 1 aliphatic rings. The lowest BCUT2D eigenvalue weighted by Crippen LogP contribution is -2.32. The fraction of sp³-hybridized carbons (Fsp3) is 0.545. The minimum atomic E-state index is -4.80. The van der Waals surface area contributed by atoms with E-state index >= 15 is 0 Å². The van der Waals surface area contributed by atoms with Gasteiger partial charge in [0.1, 0.15) is 0 Å². The second-order valence-corrected chi connectivity index (χ2v) is 4.23. The largest absolute Gasteiger partial charge is 0.414 e. The van der Waals surface area contributed by atoms with E-state index in [9.17, 15) is 30.7 Å². The summed E-state index contributed by atoms with van der Waals surface area (Å²) < 4.78 is 100. The van der Waals surface area contributed by atoms with Crippen molar-refractivity contribution in [2.24, 2.45) is 0 Å². The van der Waals surface area contributed by atoms with Crippen LogP contribution < -0.4 is 0 Å². The van der Waals surface area contributed by atoms with E-state index in [1.54, 1.807) is 0 Å². The van der Waals surface area contributed by atoms with Crippen molar-refractivity contribution in [1.82, 2.24) is 4.98 Å². The summed E-state index contributed by atoms with van der Waals surface area (Å²) in [6, 6.07) is 0. The van der Waals surface area contributed by atoms with Crippen LogP contribution in [0.5, 0.6) is 0 Å². The molecule has 1 aliphatic heterocycles. The zero-order valence-electron chi connectivity index (χ0n) is 10.2. The SMILES string of the molecule is Fc1nc(F)c(F)c(C2CC(C(F)(F)F)OCCO2)c1F. The van der Waals surface area contributed by atoms with E-state index in [0.717, 1.165) is 0 Å². The Kier molecular flexibility index (Phi) is 4.38. The molecule has 1 aromatic heterocycles. The molecule has 0 bridgehead atoms. The predicted molar refractivity (Wildman–Crippen MR) is 53.2 cm³/mol. The second kappa shape index (κ2) is 5.76. The van der Waals surface area contributed by atoms with Gasteiger partial charge in [-0.15, -0.1) is 0 Å². The minimum Gasteiger partial charge on any atom is -0.371 e. The number of halogens is 7. The summed E-state index contributed by atoms with van der Waals surface area (Å²) in [5.41, 5.74) is -1.26. The summed E-state index contributed by atoms with van der Waals surface area (Å²) in [5, 5.41) is 0. The van der Waals surface area contributed by atoms with Gasteiger partial charge in [-0.3, -0.25) is 0 Å². The summed E-state index contributed by atoms with van der Waals surface area (Å²) in [6.45, 7) is -0.887. The van der Waals surface area contributed by atoms with Crippen LogP contribution in [-0.4, -0.2) is 30.5 Å². The van der Waals surface area contributed by atoms with Crippen molar-refractivity contribution in [2.75, 3.05) is 13.2 Å². The number of hydrogen-bond acceptors (Lipinski definition) is 3. The van der Waals surface area contributed by atoms with E-state index in [4.69, 9.17) is 4.74 Å². The standard InChI is InChI=1S/C11H8F7NO2/c12-7-6(8(13)10(15)19-9(7)14)4-3-5(11(16,17)18)21-2-1-20-4/h4-5H,1-3H2. The van der Waals surface area contributed by atoms with Gasteiger partial charge < -0.3 is 9.47 Å². The first-order valence-corrected chi connectivity index (χ1v) is 5.71. The Morgan fingerprint density at radius 2 is 1.43 bits per heavy atom. The Morgan fingerprint density at radius 1 is 0.905 bits per heavy atom. The Morgan fingerprint density at radius 3 is 1.95 bits per heavy atom. The van der Waals surface area contributed by atoms with Crippen molar-refractivity contribution in [2.45, 2.75) is 24.8 Å². The van der Waals surface area contributed by atoms with Crippen molar-refractivity contribution < 1.29 is 40.2 Å². The first-order valence-electron chi connectivity index (χ1n) is 5.71. The average molecular weight is 319 g/mol. The third kappa shape index (κ3) is 3.26. The van der Waals surface area contributed by atoms with Crippen molar-refractivity contribution in [3.8, 4) is 0 Å². The normalized spacial score (nSPS) is 24.0. The molecule has 0 saturated carbocycles. The lowest BCUT2D eigenvalue weighted by Gasteiger charge is -2.22. The topological polar surface area (TPSA) is 31.4 Å². The summed E-state index contributed by atoms with van der Waals surface area (Å²) in [7, 11) is 0. The van der Waals surface area contributed by atoms with Gasteiger partial charge in [-0.1, -0.05) is 0 Å². The number of aromatic nitrogens is 1. The van der Waals surface area contributed by atoms with Crippen LogP contribution >= 0.6 is 0 Å². The molecule has 2 atom stereocenters. The zero-order chi connectivity index (χ0) is 15.8. The summed E-state index contributed by atoms with van der Waals surface area (Å²) in [5.74, 6) is -7.69. The highest BCUT2D eigenvalue weighted by Gasteiger charge is 2.44. The van der Waals surface area contributed by atoms with Gasteiger partial charge in [0.2, 0.25) is 0 Å². The van der Waals surface area contributed by atoms with Crippen molar-refractivity contribution in [1.29, 1.82) is 0 Å². The number of ether oxygens (including phenoxy) is 2. The van der Waals surface area contributed by atoms with Crippen molar-refractivity contribution >= 4 is 0 Å². The summed E-state index contributed by atoms with van der Waals surface area (Å²) >= 11 is 0. The molecule has 3 nitrogen and oxygen atoms in total. The molecule has 2 rings (SSSR count). The van der Waals surface area contributed by atoms with E-state index in [2.05, 4.69) is 9.72 Å². The molecule has 1 fully saturated rings. The molecule has 21 heavy (non-hydrogen) atoms. The van der Waals surface area contributed by atoms with E-state index in [1.165, 1.54) is 0 Å². The van der Waals surface area contributed by atoms with Crippen molar-refractivity contribution in [3.63, 3.8) is 0 Å². The highest BCUT2D eigenvalue weighted by Crippen LogP contribution is 2.36. The Balaban J connectivity index is 2.41. The molecule has 0 amide bonds. The van der Waals surface area contributed by atoms with Crippen LogP contribution in [0.3, 0.4) is 0 Å². The quantitative estimate of drug-likeness (QED) is 0.589. The molecule has 0 aromatic carbocycles. The zero-order valence-corrected chi connectivity index (χ0v) is 10.2. The second-order valence-electron chi connectivity index (χ2n) is 4.23. The summed E-state index contributed by atoms with van der Waals surface area (Å²) in [6.07, 6.45) is -10.0. The number of nitrogens with zero attached hydrogens (tertiary/aromatic N) is 1. The number of alkyl halides is 3. The van der Waals surface area contributed by atoms with Crippen LogP contribution in [0.1, 0.15) is 18.1 Å². The molecule has 2 heterocycles. The number of pyridine rings is 1. The molecule has 118 valence electrons. The molecule has 1 aromatic rings. The number of hydrogen-bond donors (Lipinski definition) is 0. The van der Waals surface area contributed by atoms with Gasteiger partial charge in [0.15, 0.2) is 17.7 Å². The minimum absolute atomic E-state index is 0.415. The third-order valence-corrected chi connectivity index (χ3v) is 2.87. The first kappa shape index (κ1) is 16.0. The fourth-order valence-corrected chi connectivity index (χ4v) is 1.93. The van der Waals surface area contributed by atoms with Gasteiger partial charge in [-0.25, -0.2) is 8.78 Å². The van der Waals surface area contributed by atoms with Crippen molar-refractivity contribution in [3.05, 3.63) is 29.1 Å². The highest BCUT2D eigenvalue weighted by molar-refractivity contribution is 5.20. The van der Waals surface area contributed by atoms with Gasteiger partial charge in [0.05, 0.1) is 24.9 Å². The molecule has 0 radical (unpaired) electrons. The Hall–Kier alpha value is -1.42. The van der Waals surface area contributed by atoms with Crippen LogP contribution in [0, 0.1) is 23.5 Å². The molecule has 0 aliphatic carbocycles. The average Bonchev–Trinajstić information content (AvgIpc) is 2.62. The maximum Gasteiger partial charge on any atom is 0.414 e.